The fourth-order valence-corrected chi connectivity index (χ4v) is 2.97. The fourth-order valence-electron chi connectivity index (χ4n) is 2.97. The van der Waals surface area contributed by atoms with Crippen molar-refractivity contribution in [2.75, 3.05) is 19.6 Å². The average molecular weight is 429 g/mol. The van der Waals surface area contributed by atoms with Crippen LogP contribution >= 0.6 is 0 Å². The number of nitrogens with two attached hydrogens (primary N) is 3. The Morgan fingerprint density at radius 2 is 1.90 bits per heavy atom. The molecule has 1 aliphatic heterocycles. The van der Waals surface area contributed by atoms with Crippen molar-refractivity contribution in [3.05, 3.63) is 0 Å². The Labute approximate surface area is 174 Å². The molecule has 10 N–H and O–H groups in total. The summed E-state index contributed by atoms with van der Waals surface area (Å²) in [5.74, 6) is -3.11. The van der Waals surface area contributed by atoms with E-state index < -0.39 is 54.5 Å². The molecule has 4 unspecified atom stereocenters. The van der Waals surface area contributed by atoms with E-state index >= 15 is 0 Å². The van der Waals surface area contributed by atoms with Gasteiger partial charge in [0.2, 0.25) is 17.7 Å². The lowest BCUT2D eigenvalue weighted by Gasteiger charge is -2.24. The number of aliphatic hydroxyl groups excluding tert-OH is 1. The van der Waals surface area contributed by atoms with Crippen molar-refractivity contribution < 1.29 is 29.4 Å². The van der Waals surface area contributed by atoms with Gasteiger partial charge in [-0.2, -0.15) is 0 Å². The summed E-state index contributed by atoms with van der Waals surface area (Å²) < 4.78 is 0. The number of carbonyl (C=O) groups excluding carboxylic acids is 3. The Morgan fingerprint density at radius 1 is 1.23 bits per heavy atom. The fraction of sp³-hybridized carbons (Fsp3) is 0.706. The first kappa shape index (κ1) is 25.1. The lowest BCUT2D eigenvalue weighted by molar-refractivity contribution is -0.148. The van der Waals surface area contributed by atoms with Crippen LogP contribution in [-0.2, 0) is 19.2 Å². The predicted octanol–water partition coefficient (Wildman–Crippen LogP) is -3.58. The van der Waals surface area contributed by atoms with Crippen LogP contribution in [0.15, 0.2) is 4.99 Å². The molecule has 0 aromatic heterocycles. The second-order valence-corrected chi connectivity index (χ2v) is 7.08. The molecule has 13 nitrogen and oxygen atoms in total. The van der Waals surface area contributed by atoms with E-state index in [1.54, 1.807) is 0 Å². The van der Waals surface area contributed by atoms with Gasteiger partial charge >= 0.3 is 5.97 Å². The second-order valence-electron chi connectivity index (χ2n) is 7.08. The van der Waals surface area contributed by atoms with Gasteiger partial charge in [0.1, 0.15) is 18.1 Å². The number of aliphatic carboxylic acids is 1. The molecule has 0 aromatic carbocycles. The molecule has 3 amide bonds. The second kappa shape index (κ2) is 11.9. The van der Waals surface area contributed by atoms with Crippen LogP contribution in [0.1, 0.15) is 32.6 Å². The molecule has 1 aliphatic rings. The van der Waals surface area contributed by atoms with Crippen molar-refractivity contribution in [2.24, 2.45) is 22.2 Å². The zero-order valence-corrected chi connectivity index (χ0v) is 16.9. The van der Waals surface area contributed by atoms with Gasteiger partial charge in [-0.15, -0.1) is 0 Å². The number of aliphatic imine (C=N–C) groups is 1. The van der Waals surface area contributed by atoms with Crippen LogP contribution < -0.4 is 27.8 Å². The standard InChI is InChI=1S/C17H31N7O6/c1-9(25)13(18)15(28)23-10(4-2-6-21-17(19)20)14(27)22-8-12(26)24-7-3-5-11(24)16(29)30/h9-11,13,25H,2-8,18H2,1H3,(H,22,27)(H,23,28)(H,29,30)(H4,19,20,21). The van der Waals surface area contributed by atoms with Crippen LogP contribution in [0.2, 0.25) is 0 Å². The first-order valence-electron chi connectivity index (χ1n) is 9.64. The summed E-state index contributed by atoms with van der Waals surface area (Å²) in [6, 6.07) is -3.19. The molecular formula is C17H31N7O6. The SMILES string of the molecule is CC(O)C(N)C(=O)NC(CCCN=C(N)N)C(=O)NCC(=O)N1CCCC1C(=O)O. The zero-order chi connectivity index (χ0) is 22.8. The van der Waals surface area contributed by atoms with E-state index in [4.69, 9.17) is 22.3 Å². The number of hydrogen-bond acceptors (Lipinski definition) is 7. The van der Waals surface area contributed by atoms with Crippen LogP contribution in [0.5, 0.6) is 0 Å². The van der Waals surface area contributed by atoms with Gasteiger partial charge in [-0.25, -0.2) is 4.79 Å². The quantitative estimate of drug-likeness (QED) is 0.0977. The molecule has 1 heterocycles. The third kappa shape index (κ3) is 7.83. The van der Waals surface area contributed by atoms with E-state index in [-0.39, 0.29) is 18.9 Å². The van der Waals surface area contributed by atoms with Crippen molar-refractivity contribution in [3.8, 4) is 0 Å². The minimum atomic E-state index is -1.24. The molecule has 0 radical (unpaired) electrons. The monoisotopic (exact) mass is 429 g/mol. The highest BCUT2D eigenvalue weighted by Crippen LogP contribution is 2.17. The van der Waals surface area contributed by atoms with Gasteiger partial charge in [0, 0.05) is 13.1 Å². The predicted molar refractivity (Wildman–Crippen MR) is 107 cm³/mol. The van der Waals surface area contributed by atoms with E-state index in [0.717, 1.165) is 0 Å². The van der Waals surface area contributed by atoms with Gasteiger partial charge in [0.15, 0.2) is 5.96 Å². The van der Waals surface area contributed by atoms with Crippen LogP contribution in [0.25, 0.3) is 0 Å². The molecule has 0 spiro atoms. The molecule has 0 aliphatic carbocycles. The Balaban J connectivity index is 2.70. The van der Waals surface area contributed by atoms with Gasteiger partial charge in [-0.3, -0.25) is 19.4 Å². The van der Waals surface area contributed by atoms with E-state index in [1.807, 2.05) is 0 Å². The minimum Gasteiger partial charge on any atom is -0.480 e. The van der Waals surface area contributed by atoms with Crippen molar-refractivity contribution in [3.63, 3.8) is 0 Å². The number of amides is 3. The molecule has 13 heteroatoms. The van der Waals surface area contributed by atoms with Crippen LogP contribution in [0.3, 0.4) is 0 Å². The Morgan fingerprint density at radius 3 is 2.47 bits per heavy atom. The highest BCUT2D eigenvalue weighted by molar-refractivity contribution is 5.92. The highest BCUT2D eigenvalue weighted by atomic mass is 16.4. The van der Waals surface area contributed by atoms with E-state index in [1.165, 1.54) is 11.8 Å². The van der Waals surface area contributed by atoms with Crippen molar-refractivity contribution in [1.82, 2.24) is 15.5 Å². The van der Waals surface area contributed by atoms with E-state index in [9.17, 15) is 24.3 Å². The zero-order valence-electron chi connectivity index (χ0n) is 16.9. The van der Waals surface area contributed by atoms with Gasteiger partial charge < -0.3 is 42.9 Å². The van der Waals surface area contributed by atoms with E-state index in [2.05, 4.69) is 15.6 Å². The molecule has 0 saturated carbocycles. The maximum absolute atomic E-state index is 12.5. The van der Waals surface area contributed by atoms with E-state index in [0.29, 0.717) is 25.8 Å². The highest BCUT2D eigenvalue weighted by Gasteiger charge is 2.34. The number of carboxylic acid groups (broad SMARTS) is 1. The molecule has 4 atom stereocenters. The van der Waals surface area contributed by atoms with Crippen LogP contribution in [-0.4, -0.2) is 88.6 Å². The number of nitrogens with zero attached hydrogens (tertiary/aromatic N) is 2. The molecule has 170 valence electrons. The molecule has 1 rings (SSSR count). The average Bonchev–Trinajstić information content (AvgIpc) is 3.17. The Bertz CT molecular complexity index is 665. The smallest absolute Gasteiger partial charge is 0.326 e. The number of rotatable bonds is 11. The molecule has 30 heavy (non-hydrogen) atoms. The van der Waals surface area contributed by atoms with Crippen LogP contribution in [0.4, 0.5) is 0 Å². The maximum Gasteiger partial charge on any atom is 0.326 e. The lowest BCUT2D eigenvalue weighted by atomic mass is 10.1. The number of hydrogen-bond donors (Lipinski definition) is 7. The summed E-state index contributed by atoms with van der Waals surface area (Å²) in [6.45, 7) is 1.45. The number of nitrogens with one attached hydrogen (secondary N) is 2. The number of carboxylic acids is 1. The van der Waals surface area contributed by atoms with Gasteiger partial charge in [0.05, 0.1) is 12.6 Å². The van der Waals surface area contributed by atoms with Gasteiger partial charge in [-0.1, -0.05) is 0 Å². The number of guanidine groups is 1. The molecule has 1 saturated heterocycles. The lowest BCUT2D eigenvalue weighted by Crippen LogP contribution is -2.55. The molecular weight excluding hydrogens is 398 g/mol. The third-order valence-electron chi connectivity index (χ3n) is 4.67. The number of aliphatic hydroxyl groups is 1. The molecule has 0 aromatic rings. The molecule has 0 bridgehead atoms. The minimum absolute atomic E-state index is 0.111. The normalized spacial score (nSPS) is 18.8. The van der Waals surface area contributed by atoms with Gasteiger partial charge in [-0.05, 0) is 32.6 Å². The largest absolute Gasteiger partial charge is 0.480 e. The summed E-state index contributed by atoms with van der Waals surface area (Å²) in [6.07, 6.45) is 0.297. The maximum atomic E-state index is 12.5. The summed E-state index contributed by atoms with van der Waals surface area (Å²) in [4.78, 5) is 53.2. The topological polar surface area (TPSA) is 226 Å². The van der Waals surface area contributed by atoms with Gasteiger partial charge in [0.25, 0.3) is 0 Å². The molecule has 1 fully saturated rings. The first-order valence-corrected chi connectivity index (χ1v) is 9.64. The summed E-state index contributed by atoms with van der Waals surface area (Å²) in [5, 5.41) is 23.5. The Hall–Kier alpha value is -2.93. The summed E-state index contributed by atoms with van der Waals surface area (Å²) >= 11 is 0. The van der Waals surface area contributed by atoms with Crippen molar-refractivity contribution in [2.45, 2.75) is 56.8 Å². The summed E-state index contributed by atoms with van der Waals surface area (Å²) in [5.41, 5.74) is 16.1. The summed E-state index contributed by atoms with van der Waals surface area (Å²) in [7, 11) is 0. The third-order valence-corrected chi connectivity index (χ3v) is 4.67. The number of carbonyl (C=O) groups is 4. The number of likely N-dealkylation sites (tertiary alicyclic amines) is 1. The van der Waals surface area contributed by atoms with Crippen molar-refractivity contribution in [1.29, 1.82) is 0 Å². The van der Waals surface area contributed by atoms with Crippen LogP contribution in [0, 0.1) is 0 Å². The first-order chi connectivity index (χ1) is 14.0. The Kier molecular flexibility index (Phi) is 9.98. The van der Waals surface area contributed by atoms with Crippen molar-refractivity contribution >= 4 is 29.7 Å².